The molecule has 0 saturated heterocycles. The van der Waals surface area contributed by atoms with E-state index in [4.69, 9.17) is 14.5 Å². The number of anilines is 2. The molecule has 0 bridgehead atoms. The average molecular weight is 396 g/mol. The van der Waals surface area contributed by atoms with Gasteiger partial charge in [-0.25, -0.2) is 18.7 Å². The van der Waals surface area contributed by atoms with Crippen molar-refractivity contribution in [1.82, 2.24) is 14.4 Å². The summed E-state index contributed by atoms with van der Waals surface area (Å²) in [6.45, 7) is 0. The summed E-state index contributed by atoms with van der Waals surface area (Å²) in [7, 11) is 4.79. The molecular formula is C21H18F2N4O2. The first-order valence-corrected chi connectivity index (χ1v) is 8.77. The van der Waals surface area contributed by atoms with E-state index in [1.807, 2.05) is 18.2 Å². The molecule has 0 fully saturated rings. The number of fused-ring (bicyclic) bond motifs is 1. The molecule has 2 heterocycles. The molecule has 2 aromatic heterocycles. The van der Waals surface area contributed by atoms with E-state index in [9.17, 15) is 8.78 Å². The second kappa shape index (κ2) is 7.38. The summed E-state index contributed by atoms with van der Waals surface area (Å²) in [5.41, 5.74) is 2.23. The van der Waals surface area contributed by atoms with Crippen LogP contribution in [-0.2, 0) is 0 Å². The Balaban J connectivity index is 1.87. The molecule has 8 heteroatoms. The third-order valence-corrected chi connectivity index (χ3v) is 4.62. The first kappa shape index (κ1) is 18.7. The predicted octanol–water partition coefficient (Wildman–Crippen LogP) is 4.46. The van der Waals surface area contributed by atoms with Gasteiger partial charge in [0, 0.05) is 37.1 Å². The fourth-order valence-electron chi connectivity index (χ4n) is 3.15. The van der Waals surface area contributed by atoms with E-state index in [2.05, 4.69) is 4.98 Å². The Morgan fingerprint density at radius 1 is 0.966 bits per heavy atom. The molecule has 2 aromatic carbocycles. The minimum Gasteiger partial charge on any atom is -0.493 e. The van der Waals surface area contributed by atoms with E-state index >= 15 is 0 Å². The summed E-state index contributed by atoms with van der Waals surface area (Å²) in [4.78, 5) is 10.6. The van der Waals surface area contributed by atoms with E-state index in [1.165, 1.54) is 12.1 Å². The summed E-state index contributed by atoms with van der Waals surface area (Å²) >= 11 is 0. The maximum absolute atomic E-state index is 14.4. The summed E-state index contributed by atoms with van der Waals surface area (Å²) in [6, 6.07) is 10.7. The van der Waals surface area contributed by atoms with Gasteiger partial charge in [-0.1, -0.05) is 0 Å². The van der Waals surface area contributed by atoms with Crippen LogP contribution in [0.1, 0.15) is 0 Å². The van der Waals surface area contributed by atoms with E-state index in [1.54, 1.807) is 49.0 Å². The van der Waals surface area contributed by atoms with Crippen molar-refractivity contribution in [2.75, 3.05) is 26.2 Å². The van der Waals surface area contributed by atoms with Gasteiger partial charge in [0.05, 0.1) is 25.6 Å². The maximum atomic E-state index is 14.4. The lowest BCUT2D eigenvalue weighted by Gasteiger charge is -2.21. The highest BCUT2D eigenvalue weighted by atomic mass is 19.1. The minimum atomic E-state index is -0.681. The Morgan fingerprint density at radius 3 is 2.48 bits per heavy atom. The molecule has 6 nitrogen and oxygen atoms in total. The number of imidazole rings is 1. The van der Waals surface area contributed by atoms with E-state index in [0.717, 1.165) is 11.6 Å². The summed E-state index contributed by atoms with van der Waals surface area (Å²) in [5.74, 6) is 0.271. The minimum absolute atomic E-state index is 0.193. The van der Waals surface area contributed by atoms with Crippen LogP contribution in [0.15, 0.2) is 54.9 Å². The zero-order valence-corrected chi connectivity index (χ0v) is 16.1. The smallest absolute Gasteiger partial charge is 0.216 e. The van der Waals surface area contributed by atoms with Crippen molar-refractivity contribution >= 4 is 17.3 Å². The van der Waals surface area contributed by atoms with Gasteiger partial charge in [0.2, 0.25) is 5.95 Å². The van der Waals surface area contributed by atoms with Crippen LogP contribution in [0.5, 0.6) is 11.5 Å². The average Bonchev–Trinajstić information content (AvgIpc) is 3.20. The second-order valence-electron chi connectivity index (χ2n) is 6.32. The van der Waals surface area contributed by atoms with Gasteiger partial charge < -0.3 is 14.4 Å². The van der Waals surface area contributed by atoms with Crippen LogP contribution in [0, 0.1) is 11.6 Å². The Kier molecular flexibility index (Phi) is 4.75. The third-order valence-electron chi connectivity index (χ3n) is 4.62. The van der Waals surface area contributed by atoms with Gasteiger partial charge in [-0.2, -0.15) is 0 Å². The van der Waals surface area contributed by atoms with Crippen LogP contribution in [-0.4, -0.2) is 35.6 Å². The van der Waals surface area contributed by atoms with Crippen molar-refractivity contribution in [3.63, 3.8) is 0 Å². The number of benzene rings is 2. The zero-order valence-electron chi connectivity index (χ0n) is 16.1. The van der Waals surface area contributed by atoms with Gasteiger partial charge in [-0.15, -0.1) is 0 Å². The SMILES string of the molecule is COc1ccc(-c2cc3nccn3c(N(C)c3ccc(F)cc3F)n2)cc1OC. The highest BCUT2D eigenvalue weighted by Crippen LogP contribution is 2.34. The number of nitrogens with zero attached hydrogens (tertiary/aromatic N) is 4. The molecule has 4 rings (SSSR count). The van der Waals surface area contributed by atoms with Crippen molar-refractivity contribution in [2.45, 2.75) is 0 Å². The lowest BCUT2D eigenvalue weighted by atomic mass is 10.1. The lowest BCUT2D eigenvalue weighted by Crippen LogP contribution is -2.17. The molecular weight excluding hydrogens is 378 g/mol. The van der Waals surface area contributed by atoms with Crippen LogP contribution >= 0.6 is 0 Å². The molecule has 148 valence electrons. The van der Waals surface area contributed by atoms with E-state index < -0.39 is 11.6 Å². The van der Waals surface area contributed by atoms with Gasteiger partial charge in [-0.05, 0) is 30.3 Å². The Labute approximate surface area is 166 Å². The molecule has 0 aliphatic heterocycles. The Morgan fingerprint density at radius 2 is 1.76 bits per heavy atom. The first-order valence-electron chi connectivity index (χ1n) is 8.77. The number of aromatic nitrogens is 3. The quantitative estimate of drug-likeness (QED) is 0.499. The molecule has 0 N–H and O–H groups in total. The fraction of sp³-hybridized carbons (Fsp3) is 0.143. The molecule has 4 aromatic rings. The summed E-state index contributed by atoms with van der Waals surface area (Å²) < 4.78 is 40.1. The second-order valence-corrected chi connectivity index (χ2v) is 6.32. The molecule has 0 aliphatic carbocycles. The van der Waals surface area contributed by atoms with Crippen LogP contribution in [0.25, 0.3) is 16.9 Å². The molecule has 0 atom stereocenters. The number of rotatable bonds is 5. The highest BCUT2D eigenvalue weighted by molar-refractivity contribution is 5.70. The molecule has 0 aliphatic rings. The van der Waals surface area contributed by atoms with Gasteiger partial charge in [0.15, 0.2) is 11.5 Å². The monoisotopic (exact) mass is 396 g/mol. The standard InChI is InChI=1S/C21H18F2N4O2/c1-26(17-6-5-14(22)11-15(17)23)21-25-16(12-20-24-8-9-27(20)21)13-4-7-18(28-2)19(10-13)29-3/h4-12H,1-3H3. The predicted molar refractivity (Wildman–Crippen MR) is 106 cm³/mol. The summed E-state index contributed by atoms with van der Waals surface area (Å²) in [5, 5.41) is 0. The van der Waals surface area contributed by atoms with Crippen molar-refractivity contribution in [3.8, 4) is 22.8 Å². The van der Waals surface area contributed by atoms with Crippen molar-refractivity contribution < 1.29 is 18.3 Å². The summed E-state index contributed by atoms with van der Waals surface area (Å²) in [6.07, 6.45) is 3.36. The molecule has 0 saturated carbocycles. The number of ether oxygens (including phenoxy) is 2. The number of hydrogen-bond donors (Lipinski definition) is 0. The van der Waals surface area contributed by atoms with Crippen molar-refractivity contribution in [3.05, 3.63) is 66.5 Å². The number of methoxy groups -OCH3 is 2. The molecule has 0 radical (unpaired) electrons. The van der Waals surface area contributed by atoms with E-state index in [0.29, 0.717) is 28.8 Å². The normalized spacial score (nSPS) is 10.9. The first-order chi connectivity index (χ1) is 14.0. The van der Waals surface area contributed by atoms with Gasteiger partial charge in [0.1, 0.15) is 17.3 Å². The highest BCUT2D eigenvalue weighted by Gasteiger charge is 2.17. The Hall–Kier alpha value is -3.68. The number of halogens is 2. The van der Waals surface area contributed by atoms with E-state index in [-0.39, 0.29) is 5.69 Å². The lowest BCUT2D eigenvalue weighted by molar-refractivity contribution is 0.355. The van der Waals surface area contributed by atoms with Gasteiger partial charge in [0.25, 0.3) is 0 Å². The maximum Gasteiger partial charge on any atom is 0.216 e. The van der Waals surface area contributed by atoms with Crippen LogP contribution < -0.4 is 14.4 Å². The fourth-order valence-corrected chi connectivity index (χ4v) is 3.15. The molecule has 0 unspecified atom stereocenters. The topological polar surface area (TPSA) is 51.9 Å². The van der Waals surface area contributed by atoms with Crippen molar-refractivity contribution in [2.24, 2.45) is 0 Å². The van der Waals surface area contributed by atoms with Crippen LogP contribution in [0.4, 0.5) is 20.4 Å². The molecule has 29 heavy (non-hydrogen) atoms. The largest absolute Gasteiger partial charge is 0.493 e. The van der Waals surface area contributed by atoms with Crippen LogP contribution in [0.2, 0.25) is 0 Å². The zero-order chi connectivity index (χ0) is 20.5. The van der Waals surface area contributed by atoms with Crippen LogP contribution in [0.3, 0.4) is 0 Å². The number of hydrogen-bond acceptors (Lipinski definition) is 5. The molecule has 0 spiro atoms. The van der Waals surface area contributed by atoms with Gasteiger partial charge in [-0.3, -0.25) is 4.40 Å². The van der Waals surface area contributed by atoms with Gasteiger partial charge >= 0.3 is 0 Å². The third kappa shape index (κ3) is 3.33. The molecule has 0 amide bonds. The van der Waals surface area contributed by atoms with Crippen molar-refractivity contribution in [1.29, 1.82) is 0 Å². The Bertz CT molecular complexity index is 1190.